The monoisotopic (exact) mass is 440 g/mol. The molecule has 5 nitrogen and oxygen atoms in total. The molecular formula is C28H32N4O. The van der Waals surface area contributed by atoms with Crippen molar-refractivity contribution in [2.45, 2.75) is 59.0 Å². The minimum absolute atomic E-state index is 0.0540. The second-order valence-corrected chi connectivity index (χ2v) is 8.57. The Morgan fingerprint density at radius 1 is 1.00 bits per heavy atom. The van der Waals surface area contributed by atoms with Gasteiger partial charge in [-0.15, -0.1) is 0 Å². The number of carbonyl (C=O) groups excluding carboxylic acids is 1. The molecule has 2 heterocycles. The first-order valence-electron chi connectivity index (χ1n) is 11.9. The molecule has 4 rings (SSSR count). The first-order valence-corrected chi connectivity index (χ1v) is 11.9. The Kier molecular flexibility index (Phi) is 6.87. The minimum Gasteiger partial charge on any atom is -0.345 e. The number of nitrogens with one attached hydrogen (secondary N) is 1. The maximum atomic E-state index is 13.5. The predicted molar refractivity (Wildman–Crippen MR) is 134 cm³/mol. The van der Waals surface area contributed by atoms with Gasteiger partial charge in [0.05, 0.1) is 29.0 Å². The third-order valence-electron chi connectivity index (χ3n) is 6.45. The predicted octanol–water partition coefficient (Wildman–Crippen LogP) is 6.51. The molecule has 2 unspecified atom stereocenters. The zero-order valence-electron chi connectivity index (χ0n) is 19.9. The molecule has 0 radical (unpaired) electrons. The number of para-hydroxylation sites is 1. The Morgan fingerprint density at radius 3 is 2.39 bits per heavy atom. The molecule has 0 saturated carbocycles. The number of aromatic nitrogens is 3. The zero-order valence-corrected chi connectivity index (χ0v) is 19.9. The Morgan fingerprint density at radius 2 is 1.73 bits per heavy atom. The van der Waals surface area contributed by atoms with Gasteiger partial charge >= 0.3 is 0 Å². The number of aryl methyl sites for hydroxylation is 1. The van der Waals surface area contributed by atoms with Gasteiger partial charge in [-0.2, -0.15) is 5.10 Å². The van der Waals surface area contributed by atoms with Crippen LogP contribution in [0.15, 0.2) is 67.0 Å². The summed E-state index contributed by atoms with van der Waals surface area (Å²) in [5, 5.41) is 8.48. The molecule has 2 atom stereocenters. The van der Waals surface area contributed by atoms with E-state index in [9.17, 15) is 4.79 Å². The van der Waals surface area contributed by atoms with Gasteiger partial charge in [0.15, 0.2) is 0 Å². The molecule has 0 aliphatic heterocycles. The number of rotatable bonds is 8. The summed E-state index contributed by atoms with van der Waals surface area (Å²) in [5.41, 5.74) is 5.55. The molecule has 4 aromatic rings. The number of hydrogen-bond donors (Lipinski definition) is 1. The molecule has 1 N–H and O–H groups in total. The Hall–Kier alpha value is -3.47. The SMILES string of the molecule is CCC(C)c1ccc(C(CC)NC(=O)c2cc(-c3cnn(CC)c3)nc3ccccc23)cc1. The average molecular weight is 441 g/mol. The van der Waals surface area contributed by atoms with Crippen molar-refractivity contribution >= 4 is 16.8 Å². The van der Waals surface area contributed by atoms with Crippen LogP contribution in [-0.2, 0) is 6.54 Å². The van der Waals surface area contributed by atoms with E-state index in [0.717, 1.165) is 47.1 Å². The summed E-state index contributed by atoms with van der Waals surface area (Å²) in [6, 6.07) is 18.3. The van der Waals surface area contributed by atoms with Crippen LogP contribution in [0.25, 0.3) is 22.2 Å². The highest BCUT2D eigenvalue weighted by Crippen LogP contribution is 2.27. The highest BCUT2D eigenvalue weighted by atomic mass is 16.1. The van der Waals surface area contributed by atoms with Crippen LogP contribution < -0.4 is 5.32 Å². The van der Waals surface area contributed by atoms with E-state index in [1.807, 2.05) is 48.1 Å². The standard InChI is InChI=1S/C28H32N4O/c1-5-19(4)20-12-14-21(15-13-20)25(6-2)31-28(33)24-16-27(22-17-29-32(7-3)18-22)30-26-11-9-8-10-23(24)26/h8-19,25H,5-7H2,1-4H3,(H,31,33). The van der Waals surface area contributed by atoms with Crippen LogP contribution >= 0.6 is 0 Å². The summed E-state index contributed by atoms with van der Waals surface area (Å²) in [4.78, 5) is 18.3. The lowest BCUT2D eigenvalue weighted by Gasteiger charge is -2.19. The van der Waals surface area contributed by atoms with Crippen molar-refractivity contribution in [1.29, 1.82) is 0 Å². The normalized spacial score (nSPS) is 13.1. The first-order chi connectivity index (χ1) is 16.0. The number of amides is 1. The molecule has 0 bridgehead atoms. The van der Waals surface area contributed by atoms with E-state index < -0.39 is 0 Å². The Balaban J connectivity index is 1.66. The molecule has 0 saturated heterocycles. The van der Waals surface area contributed by atoms with Crippen LogP contribution in [0.2, 0.25) is 0 Å². The number of pyridine rings is 1. The molecule has 0 fully saturated rings. The van der Waals surface area contributed by atoms with Gasteiger partial charge in [-0.25, -0.2) is 4.98 Å². The fraction of sp³-hybridized carbons (Fsp3) is 0.321. The lowest BCUT2D eigenvalue weighted by atomic mass is 9.95. The highest BCUT2D eigenvalue weighted by molar-refractivity contribution is 6.07. The van der Waals surface area contributed by atoms with E-state index in [1.54, 1.807) is 6.20 Å². The lowest BCUT2D eigenvalue weighted by Crippen LogP contribution is -2.28. The molecule has 170 valence electrons. The van der Waals surface area contributed by atoms with Gasteiger partial charge in [-0.3, -0.25) is 9.48 Å². The average Bonchev–Trinajstić information content (AvgIpc) is 3.35. The third-order valence-corrected chi connectivity index (χ3v) is 6.45. The maximum Gasteiger partial charge on any atom is 0.252 e. The molecule has 33 heavy (non-hydrogen) atoms. The van der Waals surface area contributed by atoms with Gasteiger partial charge in [0.25, 0.3) is 5.91 Å². The van der Waals surface area contributed by atoms with Crippen LogP contribution in [0.3, 0.4) is 0 Å². The number of hydrogen-bond acceptors (Lipinski definition) is 3. The van der Waals surface area contributed by atoms with Gasteiger partial charge in [0.1, 0.15) is 0 Å². The van der Waals surface area contributed by atoms with Crippen molar-refractivity contribution in [3.63, 3.8) is 0 Å². The van der Waals surface area contributed by atoms with Gasteiger partial charge < -0.3 is 5.32 Å². The third kappa shape index (κ3) is 4.82. The smallest absolute Gasteiger partial charge is 0.252 e. The number of nitrogens with zero attached hydrogens (tertiary/aromatic N) is 3. The van der Waals surface area contributed by atoms with Gasteiger partial charge in [0, 0.05) is 23.7 Å². The Labute approximate surface area is 195 Å². The van der Waals surface area contributed by atoms with E-state index in [1.165, 1.54) is 5.56 Å². The second kappa shape index (κ2) is 9.99. The first kappa shape index (κ1) is 22.7. The van der Waals surface area contributed by atoms with Crippen molar-refractivity contribution < 1.29 is 4.79 Å². The summed E-state index contributed by atoms with van der Waals surface area (Å²) >= 11 is 0. The topological polar surface area (TPSA) is 59.8 Å². The van der Waals surface area contributed by atoms with E-state index >= 15 is 0 Å². The highest BCUT2D eigenvalue weighted by Gasteiger charge is 2.19. The second-order valence-electron chi connectivity index (χ2n) is 8.57. The fourth-order valence-electron chi connectivity index (χ4n) is 4.13. The van der Waals surface area contributed by atoms with E-state index in [4.69, 9.17) is 4.98 Å². The van der Waals surface area contributed by atoms with Gasteiger partial charge in [-0.05, 0) is 48.9 Å². The molecular weight excluding hydrogens is 408 g/mol. The molecule has 0 aliphatic carbocycles. The summed E-state index contributed by atoms with van der Waals surface area (Å²) < 4.78 is 1.86. The van der Waals surface area contributed by atoms with Crippen LogP contribution in [0.4, 0.5) is 0 Å². The minimum atomic E-state index is -0.0874. The molecule has 0 aliphatic rings. The lowest BCUT2D eigenvalue weighted by molar-refractivity contribution is 0.0937. The summed E-state index contributed by atoms with van der Waals surface area (Å²) in [7, 11) is 0. The van der Waals surface area contributed by atoms with Gasteiger partial charge in [0.2, 0.25) is 0 Å². The van der Waals surface area contributed by atoms with E-state index in [2.05, 4.69) is 55.5 Å². The quantitative estimate of drug-likeness (QED) is 0.340. The summed E-state index contributed by atoms with van der Waals surface area (Å²) in [5.74, 6) is 0.447. The van der Waals surface area contributed by atoms with Crippen molar-refractivity contribution in [2.75, 3.05) is 0 Å². The van der Waals surface area contributed by atoms with Crippen molar-refractivity contribution in [2.24, 2.45) is 0 Å². The number of fused-ring (bicyclic) bond motifs is 1. The van der Waals surface area contributed by atoms with Crippen molar-refractivity contribution in [3.8, 4) is 11.3 Å². The van der Waals surface area contributed by atoms with Crippen LogP contribution in [0.5, 0.6) is 0 Å². The van der Waals surface area contributed by atoms with Crippen LogP contribution in [0.1, 0.15) is 74.0 Å². The van der Waals surface area contributed by atoms with Crippen LogP contribution in [-0.4, -0.2) is 20.7 Å². The zero-order chi connectivity index (χ0) is 23.4. The maximum absolute atomic E-state index is 13.5. The fourth-order valence-corrected chi connectivity index (χ4v) is 4.13. The van der Waals surface area contributed by atoms with Crippen molar-refractivity contribution in [1.82, 2.24) is 20.1 Å². The number of carbonyl (C=O) groups is 1. The summed E-state index contributed by atoms with van der Waals surface area (Å²) in [6.07, 6.45) is 5.69. The Bertz CT molecular complexity index is 1240. The van der Waals surface area contributed by atoms with Crippen LogP contribution in [0, 0.1) is 0 Å². The molecule has 0 spiro atoms. The largest absolute Gasteiger partial charge is 0.345 e. The van der Waals surface area contributed by atoms with E-state index in [0.29, 0.717) is 11.5 Å². The molecule has 5 heteroatoms. The molecule has 2 aromatic carbocycles. The molecule has 1 amide bonds. The molecule has 2 aromatic heterocycles. The van der Waals surface area contributed by atoms with E-state index in [-0.39, 0.29) is 11.9 Å². The van der Waals surface area contributed by atoms with Gasteiger partial charge in [-0.1, -0.05) is 63.2 Å². The number of benzene rings is 2. The van der Waals surface area contributed by atoms with Crippen molar-refractivity contribution in [3.05, 3.63) is 83.7 Å². The summed E-state index contributed by atoms with van der Waals surface area (Å²) in [6.45, 7) is 9.38.